The van der Waals surface area contributed by atoms with Crippen molar-refractivity contribution in [2.24, 2.45) is 0 Å². The van der Waals surface area contributed by atoms with Crippen molar-refractivity contribution < 1.29 is 9.47 Å². The molecule has 0 aliphatic carbocycles. The van der Waals surface area contributed by atoms with Crippen molar-refractivity contribution in [1.82, 2.24) is 9.97 Å². The Kier molecular flexibility index (Phi) is 3.28. The summed E-state index contributed by atoms with van der Waals surface area (Å²) in [7, 11) is 0. The third-order valence-electron chi connectivity index (χ3n) is 3.14. The molecule has 0 radical (unpaired) electrons. The number of nitrogens with two attached hydrogens (primary N) is 1. The SMILES string of the molecule is CCOc1ncnc(NC2COc3ccccc32)c1N. The number of fused-ring (bicyclic) bond motifs is 1. The van der Waals surface area contributed by atoms with Crippen LogP contribution < -0.4 is 20.5 Å². The predicted octanol–water partition coefficient (Wildman–Crippen LogP) is 2.00. The maximum Gasteiger partial charge on any atom is 0.242 e. The number of benzene rings is 1. The van der Waals surface area contributed by atoms with Gasteiger partial charge < -0.3 is 20.5 Å². The lowest BCUT2D eigenvalue weighted by molar-refractivity contribution is 0.328. The van der Waals surface area contributed by atoms with E-state index >= 15 is 0 Å². The van der Waals surface area contributed by atoms with Crippen molar-refractivity contribution in [3.05, 3.63) is 36.2 Å². The molecule has 2 aromatic rings. The Morgan fingerprint density at radius 1 is 1.40 bits per heavy atom. The molecule has 1 aromatic heterocycles. The standard InChI is InChI=1S/C14H16N4O2/c1-2-19-14-12(15)13(16-8-17-14)18-10-7-20-11-6-4-3-5-9(10)11/h3-6,8,10H,2,7,15H2,1H3,(H,16,17,18). The lowest BCUT2D eigenvalue weighted by Crippen LogP contribution is -2.15. The molecule has 6 heteroatoms. The minimum atomic E-state index is 0.0258. The van der Waals surface area contributed by atoms with Gasteiger partial charge in [0.25, 0.3) is 0 Å². The van der Waals surface area contributed by atoms with Crippen LogP contribution in [0.5, 0.6) is 11.6 Å². The van der Waals surface area contributed by atoms with Gasteiger partial charge in [0.05, 0.1) is 12.6 Å². The van der Waals surface area contributed by atoms with Gasteiger partial charge in [0.2, 0.25) is 5.88 Å². The molecular weight excluding hydrogens is 256 g/mol. The first-order valence-electron chi connectivity index (χ1n) is 6.51. The average molecular weight is 272 g/mol. The first-order chi connectivity index (χ1) is 9.79. The van der Waals surface area contributed by atoms with E-state index in [4.69, 9.17) is 15.2 Å². The van der Waals surface area contributed by atoms with Crippen LogP contribution >= 0.6 is 0 Å². The lowest BCUT2D eigenvalue weighted by atomic mass is 10.1. The molecule has 20 heavy (non-hydrogen) atoms. The van der Waals surface area contributed by atoms with Crippen LogP contribution in [-0.4, -0.2) is 23.2 Å². The molecule has 0 bridgehead atoms. The number of aromatic nitrogens is 2. The minimum Gasteiger partial charge on any atom is -0.491 e. The lowest BCUT2D eigenvalue weighted by Gasteiger charge is -2.15. The summed E-state index contributed by atoms with van der Waals surface area (Å²) >= 11 is 0. The van der Waals surface area contributed by atoms with Gasteiger partial charge in [0.15, 0.2) is 5.82 Å². The number of anilines is 2. The minimum absolute atomic E-state index is 0.0258. The molecule has 0 saturated carbocycles. The Labute approximate surface area is 116 Å². The molecule has 0 saturated heterocycles. The van der Waals surface area contributed by atoms with E-state index in [0.29, 0.717) is 30.6 Å². The van der Waals surface area contributed by atoms with Crippen LogP contribution in [0.1, 0.15) is 18.5 Å². The van der Waals surface area contributed by atoms with Gasteiger partial charge in [-0.15, -0.1) is 0 Å². The molecule has 6 nitrogen and oxygen atoms in total. The van der Waals surface area contributed by atoms with E-state index in [0.717, 1.165) is 11.3 Å². The highest BCUT2D eigenvalue weighted by molar-refractivity contribution is 5.67. The molecule has 0 amide bonds. The molecule has 2 heterocycles. The number of hydrogen-bond acceptors (Lipinski definition) is 6. The van der Waals surface area contributed by atoms with Gasteiger partial charge in [-0.25, -0.2) is 4.98 Å². The van der Waals surface area contributed by atoms with E-state index in [2.05, 4.69) is 15.3 Å². The molecule has 1 aliphatic heterocycles. The Hall–Kier alpha value is -2.50. The number of rotatable bonds is 4. The smallest absolute Gasteiger partial charge is 0.242 e. The van der Waals surface area contributed by atoms with Crippen LogP contribution in [0.4, 0.5) is 11.5 Å². The quantitative estimate of drug-likeness (QED) is 0.886. The molecule has 1 aliphatic rings. The van der Waals surface area contributed by atoms with Crippen LogP contribution in [0.15, 0.2) is 30.6 Å². The summed E-state index contributed by atoms with van der Waals surface area (Å²) in [6.45, 7) is 2.94. The van der Waals surface area contributed by atoms with E-state index in [1.807, 2.05) is 31.2 Å². The molecule has 3 N–H and O–H groups in total. The summed E-state index contributed by atoms with van der Waals surface area (Å²) in [4.78, 5) is 8.19. The van der Waals surface area contributed by atoms with Crippen LogP contribution in [-0.2, 0) is 0 Å². The van der Waals surface area contributed by atoms with Gasteiger partial charge >= 0.3 is 0 Å². The fourth-order valence-electron chi connectivity index (χ4n) is 2.19. The average Bonchev–Trinajstić information content (AvgIpc) is 2.87. The first-order valence-corrected chi connectivity index (χ1v) is 6.51. The number of nitrogens with one attached hydrogen (secondary N) is 1. The number of para-hydroxylation sites is 1. The van der Waals surface area contributed by atoms with Crippen LogP contribution in [0.2, 0.25) is 0 Å². The van der Waals surface area contributed by atoms with Gasteiger partial charge in [0, 0.05) is 5.56 Å². The van der Waals surface area contributed by atoms with Crippen molar-refractivity contribution in [3.63, 3.8) is 0 Å². The summed E-state index contributed by atoms with van der Waals surface area (Å²) in [5.41, 5.74) is 7.53. The molecule has 1 aromatic carbocycles. The van der Waals surface area contributed by atoms with E-state index in [1.54, 1.807) is 0 Å². The Balaban J connectivity index is 1.84. The molecule has 0 fully saturated rings. The highest BCUT2D eigenvalue weighted by Crippen LogP contribution is 2.35. The normalized spacial score (nSPS) is 16.4. The van der Waals surface area contributed by atoms with E-state index in [9.17, 15) is 0 Å². The number of ether oxygens (including phenoxy) is 2. The summed E-state index contributed by atoms with van der Waals surface area (Å²) in [6.07, 6.45) is 1.44. The second-order valence-corrected chi connectivity index (χ2v) is 4.42. The van der Waals surface area contributed by atoms with Crippen LogP contribution in [0, 0.1) is 0 Å². The topological polar surface area (TPSA) is 82.3 Å². The first kappa shape index (κ1) is 12.5. The molecule has 1 unspecified atom stereocenters. The second-order valence-electron chi connectivity index (χ2n) is 4.42. The molecular formula is C14H16N4O2. The summed E-state index contributed by atoms with van der Waals surface area (Å²) < 4.78 is 11.0. The van der Waals surface area contributed by atoms with Gasteiger partial charge in [-0.3, -0.25) is 0 Å². The van der Waals surface area contributed by atoms with Crippen molar-refractivity contribution >= 4 is 11.5 Å². The molecule has 104 valence electrons. The molecule has 3 rings (SSSR count). The van der Waals surface area contributed by atoms with Crippen LogP contribution in [0.25, 0.3) is 0 Å². The highest BCUT2D eigenvalue weighted by atomic mass is 16.5. The number of hydrogen-bond donors (Lipinski definition) is 2. The number of nitrogens with zero attached hydrogens (tertiary/aromatic N) is 2. The zero-order chi connectivity index (χ0) is 13.9. The zero-order valence-electron chi connectivity index (χ0n) is 11.2. The predicted molar refractivity (Wildman–Crippen MR) is 75.9 cm³/mol. The van der Waals surface area contributed by atoms with Gasteiger partial charge in [0.1, 0.15) is 24.4 Å². The third kappa shape index (κ3) is 2.20. The van der Waals surface area contributed by atoms with E-state index in [-0.39, 0.29) is 6.04 Å². The van der Waals surface area contributed by atoms with E-state index in [1.165, 1.54) is 6.33 Å². The monoisotopic (exact) mass is 272 g/mol. The Bertz CT molecular complexity index is 618. The maximum absolute atomic E-state index is 6.01. The van der Waals surface area contributed by atoms with Gasteiger partial charge in [-0.1, -0.05) is 18.2 Å². The van der Waals surface area contributed by atoms with Crippen LogP contribution in [0.3, 0.4) is 0 Å². The highest BCUT2D eigenvalue weighted by Gasteiger charge is 2.24. The van der Waals surface area contributed by atoms with Crippen molar-refractivity contribution in [1.29, 1.82) is 0 Å². The third-order valence-corrected chi connectivity index (χ3v) is 3.14. The van der Waals surface area contributed by atoms with Crippen molar-refractivity contribution in [2.75, 3.05) is 24.3 Å². The summed E-state index contributed by atoms with van der Waals surface area (Å²) in [5.74, 6) is 1.86. The Morgan fingerprint density at radius 3 is 3.10 bits per heavy atom. The zero-order valence-corrected chi connectivity index (χ0v) is 11.2. The fraction of sp³-hybridized carbons (Fsp3) is 0.286. The van der Waals surface area contributed by atoms with Crippen molar-refractivity contribution in [3.8, 4) is 11.6 Å². The molecule has 0 spiro atoms. The van der Waals surface area contributed by atoms with Gasteiger partial charge in [-0.2, -0.15) is 4.98 Å². The summed E-state index contributed by atoms with van der Waals surface area (Å²) in [5, 5.41) is 3.28. The Morgan fingerprint density at radius 2 is 2.25 bits per heavy atom. The van der Waals surface area contributed by atoms with E-state index < -0.39 is 0 Å². The van der Waals surface area contributed by atoms with Gasteiger partial charge in [-0.05, 0) is 13.0 Å². The largest absolute Gasteiger partial charge is 0.491 e. The molecule has 1 atom stereocenters. The number of nitrogen functional groups attached to an aromatic ring is 1. The maximum atomic E-state index is 6.01. The fourth-order valence-corrected chi connectivity index (χ4v) is 2.19. The summed E-state index contributed by atoms with van der Waals surface area (Å²) in [6, 6.07) is 7.94. The van der Waals surface area contributed by atoms with Crippen molar-refractivity contribution in [2.45, 2.75) is 13.0 Å². The second kappa shape index (κ2) is 5.24.